The van der Waals surface area contributed by atoms with Crippen molar-refractivity contribution in [3.63, 3.8) is 0 Å². The quantitative estimate of drug-likeness (QED) is 0.906. The molecule has 1 amide bonds. The van der Waals surface area contributed by atoms with E-state index < -0.39 is 16.8 Å². The Bertz CT molecular complexity index is 824. The minimum atomic E-state index is -0.418. The molecule has 2 aromatic rings. The van der Waals surface area contributed by atoms with Gasteiger partial charge in [-0.3, -0.25) is 14.2 Å². The summed E-state index contributed by atoms with van der Waals surface area (Å²) in [6.45, 7) is 7.91. The first-order valence-electron chi connectivity index (χ1n) is 7.76. The number of carbonyl (C=O) groups is 1. The van der Waals surface area contributed by atoms with Crippen molar-refractivity contribution in [2.24, 2.45) is 0 Å². The highest BCUT2D eigenvalue weighted by atomic mass is 32.1. The molecule has 0 aliphatic carbocycles. The maximum absolute atomic E-state index is 12.7. The Morgan fingerprint density at radius 1 is 1.26 bits per heavy atom. The number of unbranched alkanes of at least 4 members (excludes halogenated alkanes) is 1. The summed E-state index contributed by atoms with van der Waals surface area (Å²) in [5, 5.41) is 4.58. The molecule has 0 bridgehead atoms. The van der Waals surface area contributed by atoms with Crippen LogP contribution in [0.2, 0.25) is 0 Å². The zero-order valence-corrected chi connectivity index (χ0v) is 14.8. The van der Waals surface area contributed by atoms with Gasteiger partial charge in [0, 0.05) is 12.1 Å². The first-order chi connectivity index (χ1) is 10.7. The van der Waals surface area contributed by atoms with Crippen LogP contribution in [0.1, 0.15) is 40.5 Å². The number of thiophene rings is 1. The van der Waals surface area contributed by atoms with E-state index in [0.717, 1.165) is 17.4 Å². The monoisotopic (exact) mass is 337 g/mol. The Labute approximate surface area is 138 Å². The molecule has 6 nitrogen and oxygen atoms in total. The molecule has 0 aliphatic rings. The number of amides is 1. The number of rotatable bonds is 5. The number of nitrogens with one attached hydrogen (secondary N) is 1. The maximum Gasteiger partial charge on any atom is 0.332 e. The van der Waals surface area contributed by atoms with Crippen LogP contribution in [0.3, 0.4) is 0 Å². The number of carbonyl (C=O) groups excluding carboxylic acids is 1. The van der Waals surface area contributed by atoms with Crippen molar-refractivity contribution < 1.29 is 4.79 Å². The van der Waals surface area contributed by atoms with Gasteiger partial charge in [-0.25, -0.2) is 9.36 Å². The Morgan fingerprint density at radius 2 is 1.96 bits per heavy atom. The van der Waals surface area contributed by atoms with Crippen molar-refractivity contribution >= 4 is 27.5 Å². The molecule has 0 unspecified atom stereocenters. The van der Waals surface area contributed by atoms with E-state index in [1.165, 1.54) is 11.3 Å². The van der Waals surface area contributed by atoms with Gasteiger partial charge in [0.25, 0.3) is 5.56 Å². The van der Waals surface area contributed by atoms with Gasteiger partial charge in [0.15, 0.2) is 0 Å². The van der Waals surface area contributed by atoms with Crippen LogP contribution in [0.25, 0.3) is 10.2 Å². The van der Waals surface area contributed by atoms with E-state index in [1.54, 1.807) is 16.0 Å². The fraction of sp³-hybridized carbons (Fsp3) is 0.562. The Balaban J connectivity index is 2.49. The van der Waals surface area contributed by atoms with Crippen LogP contribution < -0.4 is 16.6 Å². The summed E-state index contributed by atoms with van der Waals surface area (Å²) in [7, 11) is 0. The highest BCUT2D eigenvalue weighted by molar-refractivity contribution is 7.17. The van der Waals surface area contributed by atoms with Gasteiger partial charge in [0.1, 0.15) is 11.2 Å². The van der Waals surface area contributed by atoms with Gasteiger partial charge in [-0.1, -0.05) is 13.3 Å². The van der Waals surface area contributed by atoms with Gasteiger partial charge in [0.2, 0.25) is 5.91 Å². The van der Waals surface area contributed by atoms with Crippen LogP contribution in [0, 0.1) is 0 Å². The van der Waals surface area contributed by atoms with Gasteiger partial charge in [-0.05, 0) is 38.6 Å². The average Bonchev–Trinajstić information content (AvgIpc) is 2.91. The van der Waals surface area contributed by atoms with Crippen molar-refractivity contribution in [3.05, 3.63) is 32.3 Å². The van der Waals surface area contributed by atoms with E-state index in [9.17, 15) is 14.4 Å². The third-order valence-electron chi connectivity index (χ3n) is 3.39. The highest BCUT2D eigenvalue weighted by Crippen LogP contribution is 2.15. The minimum Gasteiger partial charge on any atom is -0.350 e. The van der Waals surface area contributed by atoms with Gasteiger partial charge in [0.05, 0.1) is 5.52 Å². The predicted molar refractivity (Wildman–Crippen MR) is 93.1 cm³/mol. The third-order valence-corrected chi connectivity index (χ3v) is 4.28. The molecule has 7 heteroatoms. The van der Waals surface area contributed by atoms with E-state index >= 15 is 0 Å². The molecule has 126 valence electrons. The van der Waals surface area contributed by atoms with E-state index in [1.807, 2.05) is 27.7 Å². The van der Waals surface area contributed by atoms with Crippen LogP contribution in [-0.4, -0.2) is 20.6 Å². The zero-order valence-electron chi connectivity index (χ0n) is 14.0. The van der Waals surface area contributed by atoms with Crippen molar-refractivity contribution in [1.29, 1.82) is 0 Å². The average molecular weight is 337 g/mol. The molecule has 0 spiro atoms. The lowest BCUT2D eigenvalue weighted by Crippen LogP contribution is -2.47. The summed E-state index contributed by atoms with van der Waals surface area (Å²) in [6.07, 6.45) is 1.79. The Hall–Kier alpha value is -1.89. The molecule has 0 saturated carbocycles. The van der Waals surface area contributed by atoms with Crippen molar-refractivity contribution in [1.82, 2.24) is 14.5 Å². The van der Waals surface area contributed by atoms with Crippen LogP contribution in [0.15, 0.2) is 21.0 Å². The summed E-state index contributed by atoms with van der Waals surface area (Å²) in [5.41, 5.74) is -0.559. The molecule has 2 heterocycles. The van der Waals surface area contributed by atoms with E-state index in [2.05, 4.69) is 5.32 Å². The van der Waals surface area contributed by atoms with Gasteiger partial charge in [-0.15, -0.1) is 11.3 Å². The highest BCUT2D eigenvalue weighted by Gasteiger charge is 2.19. The number of hydrogen-bond acceptors (Lipinski definition) is 4. The summed E-state index contributed by atoms with van der Waals surface area (Å²) in [4.78, 5) is 37.3. The molecular weight excluding hydrogens is 314 g/mol. The predicted octanol–water partition coefficient (Wildman–Crippen LogP) is 1.94. The second-order valence-electron chi connectivity index (χ2n) is 6.61. The SMILES string of the molecule is CCCCn1c(=O)n(CC(=O)NC(C)(C)C)c(=O)c2sccc21. The molecule has 0 fully saturated rings. The summed E-state index contributed by atoms with van der Waals surface area (Å²) < 4.78 is 3.15. The molecule has 2 aromatic heterocycles. The fourth-order valence-electron chi connectivity index (χ4n) is 2.41. The number of aromatic nitrogens is 2. The van der Waals surface area contributed by atoms with Crippen LogP contribution in [-0.2, 0) is 17.9 Å². The number of hydrogen-bond donors (Lipinski definition) is 1. The molecule has 0 atom stereocenters. The molecule has 2 rings (SSSR count). The van der Waals surface area contributed by atoms with Crippen molar-refractivity contribution in [3.8, 4) is 0 Å². The second-order valence-corrected chi connectivity index (χ2v) is 7.53. The lowest BCUT2D eigenvalue weighted by Gasteiger charge is -2.21. The summed E-state index contributed by atoms with van der Waals surface area (Å²) >= 11 is 1.30. The van der Waals surface area contributed by atoms with Crippen molar-refractivity contribution in [2.75, 3.05) is 0 Å². The topological polar surface area (TPSA) is 73.1 Å². The molecule has 0 saturated heterocycles. The number of nitrogens with zero attached hydrogens (tertiary/aromatic N) is 2. The normalized spacial score (nSPS) is 11.8. The van der Waals surface area contributed by atoms with E-state index in [4.69, 9.17) is 0 Å². The smallest absolute Gasteiger partial charge is 0.332 e. The fourth-order valence-corrected chi connectivity index (χ4v) is 3.25. The largest absolute Gasteiger partial charge is 0.350 e. The van der Waals surface area contributed by atoms with Crippen LogP contribution in [0.4, 0.5) is 0 Å². The Kier molecular flexibility index (Phi) is 5.09. The zero-order chi connectivity index (χ0) is 17.2. The van der Waals surface area contributed by atoms with Gasteiger partial charge >= 0.3 is 5.69 Å². The minimum absolute atomic E-state index is 0.255. The lowest BCUT2D eigenvalue weighted by atomic mass is 10.1. The summed E-state index contributed by atoms with van der Waals surface area (Å²) in [6, 6.07) is 1.79. The third kappa shape index (κ3) is 3.90. The molecule has 0 aromatic carbocycles. The lowest BCUT2D eigenvalue weighted by molar-refractivity contribution is -0.123. The second kappa shape index (κ2) is 6.70. The standard InChI is InChI=1S/C16H23N3O3S/c1-5-6-8-18-11-7-9-23-13(11)14(21)19(15(18)22)10-12(20)17-16(2,3)4/h7,9H,5-6,8,10H2,1-4H3,(H,17,20). The maximum atomic E-state index is 12.7. The van der Waals surface area contributed by atoms with E-state index in [0.29, 0.717) is 16.8 Å². The molecule has 1 N–H and O–H groups in total. The van der Waals surface area contributed by atoms with Crippen LogP contribution in [0.5, 0.6) is 0 Å². The Morgan fingerprint density at radius 3 is 2.57 bits per heavy atom. The number of aryl methyl sites for hydroxylation is 1. The van der Waals surface area contributed by atoms with Crippen molar-refractivity contribution in [2.45, 2.75) is 59.2 Å². The molecular formula is C16H23N3O3S. The van der Waals surface area contributed by atoms with Gasteiger partial charge in [-0.2, -0.15) is 0 Å². The first-order valence-corrected chi connectivity index (χ1v) is 8.64. The first kappa shape index (κ1) is 17.5. The number of fused-ring (bicyclic) bond motifs is 1. The molecule has 0 aliphatic heterocycles. The van der Waals surface area contributed by atoms with E-state index in [-0.39, 0.29) is 12.5 Å². The molecule has 0 radical (unpaired) electrons. The molecule has 23 heavy (non-hydrogen) atoms. The van der Waals surface area contributed by atoms with Gasteiger partial charge < -0.3 is 5.32 Å². The van der Waals surface area contributed by atoms with Crippen LogP contribution >= 0.6 is 11.3 Å². The summed E-state index contributed by atoms with van der Waals surface area (Å²) in [5.74, 6) is -0.338.